The highest BCUT2D eigenvalue weighted by molar-refractivity contribution is 5.40. The maximum Gasteiger partial charge on any atom is 0.132 e. The summed E-state index contributed by atoms with van der Waals surface area (Å²) < 4.78 is 0. The van der Waals surface area contributed by atoms with Crippen molar-refractivity contribution in [3.05, 3.63) is 47.7 Å². The van der Waals surface area contributed by atoms with Gasteiger partial charge >= 0.3 is 0 Å². The Morgan fingerprint density at radius 3 is 2.84 bits per heavy atom. The lowest BCUT2D eigenvalue weighted by Crippen LogP contribution is -2.33. The number of pyridine rings is 1. The van der Waals surface area contributed by atoms with Gasteiger partial charge in [-0.25, -0.2) is 9.97 Å². The zero-order valence-electron chi connectivity index (χ0n) is 15.6. The molecule has 0 aliphatic carbocycles. The smallest absolute Gasteiger partial charge is 0.132 e. The Hall–Kier alpha value is -2.01. The predicted molar refractivity (Wildman–Crippen MR) is 102 cm³/mol. The van der Waals surface area contributed by atoms with Crippen molar-refractivity contribution in [1.29, 1.82) is 0 Å². The van der Waals surface area contributed by atoms with Crippen LogP contribution in [0.2, 0.25) is 0 Å². The molecule has 0 aromatic carbocycles. The van der Waals surface area contributed by atoms with Crippen molar-refractivity contribution in [1.82, 2.24) is 19.9 Å². The Kier molecular flexibility index (Phi) is 5.97. The second-order valence-corrected chi connectivity index (χ2v) is 6.95. The minimum absolute atomic E-state index is 0.598. The molecule has 3 rings (SSSR count). The van der Waals surface area contributed by atoms with E-state index in [0.717, 1.165) is 55.5 Å². The van der Waals surface area contributed by atoms with E-state index >= 15 is 0 Å². The molecule has 3 heterocycles. The van der Waals surface area contributed by atoms with Gasteiger partial charge in [0.05, 0.1) is 5.69 Å². The standard InChI is InChI=1S/C20H29N5/c1-4-19-22-16(2)14-20(23-19)25-12-7-9-18(10-13-25)24(3)15-17-8-5-6-11-21-17/h5-6,8,11,14,18H,4,7,9-10,12-13,15H2,1-3H3/t18-/m0/s1. The Balaban J connectivity index is 1.63. The molecule has 0 unspecified atom stereocenters. The molecule has 0 saturated carbocycles. The first-order chi connectivity index (χ1) is 12.2. The third kappa shape index (κ3) is 4.75. The highest BCUT2D eigenvalue weighted by Gasteiger charge is 2.21. The third-order valence-electron chi connectivity index (χ3n) is 4.99. The molecule has 1 atom stereocenters. The number of anilines is 1. The molecule has 5 nitrogen and oxygen atoms in total. The molecule has 0 spiro atoms. The summed E-state index contributed by atoms with van der Waals surface area (Å²) in [6, 6.07) is 8.86. The summed E-state index contributed by atoms with van der Waals surface area (Å²) in [6.07, 6.45) is 6.35. The summed E-state index contributed by atoms with van der Waals surface area (Å²) >= 11 is 0. The fraction of sp³-hybridized carbons (Fsp3) is 0.550. The van der Waals surface area contributed by atoms with E-state index in [4.69, 9.17) is 4.98 Å². The van der Waals surface area contributed by atoms with Gasteiger partial charge in [0.1, 0.15) is 11.6 Å². The van der Waals surface area contributed by atoms with E-state index in [1.165, 1.54) is 12.8 Å². The molecule has 2 aromatic heterocycles. The van der Waals surface area contributed by atoms with E-state index in [2.05, 4.69) is 58.9 Å². The fourth-order valence-corrected chi connectivity index (χ4v) is 3.56. The Bertz CT molecular complexity index is 673. The number of aryl methyl sites for hydroxylation is 2. The Morgan fingerprint density at radius 1 is 1.20 bits per heavy atom. The SMILES string of the molecule is CCc1nc(C)cc(N2CCC[C@H](N(C)Cc3ccccn3)CC2)n1. The van der Waals surface area contributed by atoms with E-state index in [1.54, 1.807) is 0 Å². The van der Waals surface area contributed by atoms with Crippen LogP contribution < -0.4 is 4.90 Å². The van der Waals surface area contributed by atoms with E-state index in [9.17, 15) is 0 Å². The minimum Gasteiger partial charge on any atom is -0.356 e. The van der Waals surface area contributed by atoms with Gasteiger partial charge in [-0.05, 0) is 45.4 Å². The average molecular weight is 339 g/mol. The molecule has 0 N–H and O–H groups in total. The van der Waals surface area contributed by atoms with Crippen LogP contribution in [0.25, 0.3) is 0 Å². The van der Waals surface area contributed by atoms with Gasteiger partial charge in [0.15, 0.2) is 0 Å². The van der Waals surface area contributed by atoms with E-state index in [1.807, 2.05) is 12.3 Å². The van der Waals surface area contributed by atoms with Gasteiger partial charge in [-0.1, -0.05) is 13.0 Å². The number of nitrogens with zero attached hydrogens (tertiary/aromatic N) is 5. The van der Waals surface area contributed by atoms with Crippen LogP contribution >= 0.6 is 0 Å². The maximum absolute atomic E-state index is 4.75. The summed E-state index contributed by atoms with van der Waals surface area (Å²) in [5.74, 6) is 2.04. The normalized spacial score (nSPS) is 18.4. The molecular weight excluding hydrogens is 310 g/mol. The first-order valence-corrected chi connectivity index (χ1v) is 9.35. The third-order valence-corrected chi connectivity index (χ3v) is 4.99. The van der Waals surface area contributed by atoms with Gasteiger partial charge in [0.25, 0.3) is 0 Å². The van der Waals surface area contributed by atoms with Gasteiger partial charge < -0.3 is 4.90 Å². The fourth-order valence-electron chi connectivity index (χ4n) is 3.56. The lowest BCUT2D eigenvalue weighted by Gasteiger charge is -2.27. The van der Waals surface area contributed by atoms with Crippen molar-refractivity contribution >= 4 is 5.82 Å². The lowest BCUT2D eigenvalue weighted by atomic mass is 10.1. The first-order valence-electron chi connectivity index (χ1n) is 9.35. The summed E-state index contributed by atoms with van der Waals surface area (Å²) in [4.78, 5) is 18.6. The van der Waals surface area contributed by atoms with Gasteiger partial charge in [-0.3, -0.25) is 9.88 Å². The van der Waals surface area contributed by atoms with E-state index in [0.29, 0.717) is 6.04 Å². The summed E-state index contributed by atoms with van der Waals surface area (Å²) in [6.45, 7) is 7.22. The largest absolute Gasteiger partial charge is 0.356 e. The van der Waals surface area contributed by atoms with Crippen LogP contribution in [0.5, 0.6) is 0 Å². The first kappa shape index (κ1) is 17.8. The number of aromatic nitrogens is 3. The van der Waals surface area contributed by atoms with Crippen molar-refractivity contribution in [2.75, 3.05) is 25.0 Å². The molecule has 134 valence electrons. The van der Waals surface area contributed by atoms with E-state index in [-0.39, 0.29) is 0 Å². The van der Waals surface area contributed by atoms with Crippen molar-refractivity contribution in [3.8, 4) is 0 Å². The van der Waals surface area contributed by atoms with Crippen LogP contribution in [0.15, 0.2) is 30.5 Å². The van der Waals surface area contributed by atoms with Crippen molar-refractivity contribution in [2.45, 2.75) is 52.1 Å². The molecule has 1 fully saturated rings. The Morgan fingerprint density at radius 2 is 2.08 bits per heavy atom. The van der Waals surface area contributed by atoms with Crippen LogP contribution in [0.1, 0.15) is 43.4 Å². The summed E-state index contributed by atoms with van der Waals surface area (Å²) in [5, 5.41) is 0. The molecule has 2 aromatic rings. The minimum atomic E-state index is 0.598. The quantitative estimate of drug-likeness (QED) is 0.837. The van der Waals surface area contributed by atoms with Crippen molar-refractivity contribution in [3.63, 3.8) is 0 Å². The molecule has 1 saturated heterocycles. The second-order valence-electron chi connectivity index (χ2n) is 6.95. The van der Waals surface area contributed by atoms with Crippen molar-refractivity contribution in [2.24, 2.45) is 0 Å². The second kappa shape index (κ2) is 8.39. The van der Waals surface area contributed by atoms with E-state index < -0.39 is 0 Å². The van der Waals surface area contributed by atoms with Gasteiger partial charge in [0, 0.05) is 50.1 Å². The topological polar surface area (TPSA) is 45.2 Å². The van der Waals surface area contributed by atoms with Gasteiger partial charge in [0.2, 0.25) is 0 Å². The maximum atomic E-state index is 4.75. The molecule has 5 heteroatoms. The zero-order valence-corrected chi connectivity index (χ0v) is 15.6. The number of hydrogen-bond acceptors (Lipinski definition) is 5. The highest BCUT2D eigenvalue weighted by atomic mass is 15.2. The average Bonchev–Trinajstić information content (AvgIpc) is 2.88. The number of hydrogen-bond donors (Lipinski definition) is 0. The molecule has 0 bridgehead atoms. The van der Waals surface area contributed by atoms with Crippen LogP contribution in [0.3, 0.4) is 0 Å². The lowest BCUT2D eigenvalue weighted by molar-refractivity contribution is 0.215. The van der Waals surface area contributed by atoms with Gasteiger partial charge in [-0.15, -0.1) is 0 Å². The van der Waals surface area contributed by atoms with Crippen LogP contribution in [-0.2, 0) is 13.0 Å². The zero-order chi connectivity index (χ0) is 17.6. The molecule has 0 amide bonds. The molecule has 1 aliphatic rings. The summed E-state index contributed by atoms with van der Waals surface area (Å²) in [7, 11) is 2.22. The highest BCUT2D eigenvalue weighted by Crippen LogP contribution is 2.21. The van der Waals surface area contributed by atoms with Gasteiger partial charge in [-0.2, -0.15) is 0 Å². The molecular formula is C20H29N5. The van der Waals surface area contributed by atoms with Crippen LogP contribution in [0, 0.1) is 6.92 Å². The predicted octanol–water partition coefficient (Wildman–Crippen LogP) is 3.23. The van der Waals surface area contributed by atoms with Crippen molar-refractivity contribution < 1.29 is 0 Å². The number of rotatable bonds is 5. The molecule has 0 radical (unpaired) electrons. The van der Waals surface area contributed by atoms with Crippen LogP contribution in [0.4, 0.5) is 5.82 Å². The molecule has 25 heavy (non-hydrogen) atoms. The monoisotopic (exact) mass is 339 g/mol. The summed E-state index contributed by atoms with van der Waals surface area (Å²) in [5.41, 5.74) is 2.21. The molecule has 1 aliphatic heterocycles. The van der Waals surface area contributed by atoms with Crippen LogP contribution in [-0.4, -0.2) is 46.0 Å². The Labute approximate surface area is 151 Å².